The number of hydrogen-bond donors (Lipinski definition) is 2. The number of benzene rings is 2. The second-order valence-corrected chi connectivity index (χ2v) is 5.03. The second-order valence-electron chi connectivity index (χ2n) is 5.03. The van der Waals surface area contributed by atoms with E-state index in [2.05, 4.69) is 5.32 Å². The van der Waals surface area contributed by atoms with E-state index in [1.165, 1.54) is 7.11 Å². The molecule has 6 nitrogen and oxygen atoms in total. The first-order chi connectivity index (χ1) is 11.6. The average molecular weight is 329 g/mol. The van der Waals surface area contributed by atoms with Gasteiger partial charge in [-0.15, -0.1) is 0 Å². The SMILES string of the molecule is COc1cccc(C(=O)N[C@@H](CO)C(=O)OCc2ccccc2)c1. The molecule has 0 aliphatic carbocycles. The molecule has 0 bridgehead atoms. The zero-order chi connectivity index (χ0) is 17.4. The molecule has 0 aliphatic heterocycles. The van der Waals surface area contributed by atoms with Crippen molar-refractivity contribution in [2.75, 3.05) is 13.7 Å². The van der Waals surface area contributed by atoms with E-state index in [1.54, 1.807) is 24.3 Å². The van der Waals surface area contributed by atoms with Crippen LogP contribution in [0.25, 0.3) is 0 Å². The van der Waals surface area contributed by atoms with Crippen molar-refractivity contribution in [3.63, 3.8) is 0 Å². The molecule has 24 heavy (non-hydrogen) atoms. The first-order valence-corrected chi connectivity index (χ1v) is 7.40. The summed E-state index contributed by atoms with van der Waals surface area (Å²) in [5.74, 6) is -0.669. The van der Waals surface area contributed by atoms with Crippen LogP contribution in [0.3, 0.4) is 0 Å². The molecule has 2 N–H and O–H groups in total. The molecule has 126 valence electrons. The molecule has 1 amide bonds. The number of hydrogen-bond acceptors (Lipinski definition) is 5. The normalized spacial score (nSPS) is 11.4. The zero-order valence-corrected chi connectivity index (χ0v) is 13.3. The lowest BCUT2D eigenvalue weighted by Gasteiger charge is -2.15. The van der Waals surface area contributed by atoms with Crippen LogP contribution >= 0.6 is 0 Å². The van der Waals surface area contributed by atoms with Crippen LogP contribution in [0.15, 0.2) is 54.6 Å². The number of esters is 1. The molecule has 0 fully saturated rings. The van der Waals surface area contributed by atoms with Crippen LogP contribution in [-0.2, 0) is 16.1 Å². The largest absolute Gasteiger partial charge is 0.497 e. The summed E-state index contributed by atoms with van der Waals surface area (Å²) >= 11 is 0. The molecule has 2 rings (SSSR count). The summed E-state index contributed by atoms with van der Waals surface area (Å²) in [6, 6.07) is 14.5. The van der Waals surface area contributed by atoms with Crippen LogP contribution < -0.4 is 10.1 Å². The summed E-state index contributed by atoms with van der Waals surface area (Å²) in [5.41, 5.74) is 1.14. The smallest absolute Gasteiger partial charge is 0.331 e. The molecule has 0 unspecified atom stereocenters. The van der Waals surface area contributed by atoms with Crippen LogP contribution in [0, 0.1) is 0 Å². The molecule has 0 saturated carbocycles. The first kappa shape index (κ1) is 17.5. The third-order valence-electron chi connectivity index (χ3n) is 3.33. The van der Waals surface area contributed by atoms with E-state index < -0.39 is 24.5 Å². The number of ether oxygens (including phenoxy) is 2. The van der Waals surface area contributed by atoms with Crippen molar-refractivity contribution >= 4 is 11.9 Å². The number of methoxy groups -OCH3 is 1. The second kappa shape index (κ2) is 8.69. The number of nitrogens with one attached hydrogen (secondary N) is 1. The van der Waals surface area contributed by atoms with Gasteiger partial charge in [0.05, 0.1) is 13.7 Å². The molecule has 0 saturated heterocycles. The topological polar surface area (TPSA) is 84.9 Å². The Labute approximate surface area is 140 Å². The molecule has 0 radical (unpaired) electrons. The van der Waals surface area contributed by atoms with Gasteiger partial charge in [-0.2, -0.15) is 0 Å². The molecule has 0 aromatic heterocycles. The minimum atomic E-state index is -1.13. The number of rotatable bonds is 7. The summed E-state index contributed by atoms with van der Waals surface area (Å²) in [6.07, 6.45) is 0. The summed E-state index contributed by atoms with van der Waals surface area (Å²) < 4.78 is 10.2. The third-order valence-corrected chi connectivity index (χ3v) is 3.33. The van der Waals surface area contributed by atoms with Gasteiger partial charge in [0, 0.05) is 5.56 Å². The van der Waals surface area contributed by atoms with Crippen molar-refractivity contribution < 1.29 is 24.2 Å². The van der Waals surface area contributed by atoms with Crippen LogP contribution in [-0.4, -0.2) is 36.7 Å². The van der Waals surface area contributed by atoms with Gasteiger partial charge in [0.2, 0.25) is 0 Å². The maximum absolute atomic E-state index is 12.2. The number of carbonyl (C=O) groups is 2. The van der Waals surface area contributed by atoms with E-state index in [4.69, 9.17) is 9.47 Å². The van der Waals surface area contributed by atoms with E-state index >= 15 is 0 Å². The van der Waals surface area contributed by atoms with Gasteiger partial charge in [-0.3, -0.25) is 4.79 Å². The Morgan fingerprint density at radius 3 is 2.54 bits per heavy atom. The Kier molecular flexibility index (Phi) is 6.33. The molecule has 0 spiro atoms. The van der Waals surface area contributed by atoms with Crippen molar-refractivity contribution in [3.05, 3.63) is 65.7 Å². The lowest BCUT2D eigenvalue weighted by atomic mass is 10.2. The van der Waals surface area contributed by atoms with Gasteiger partial charge < -0.3 is 19.9 Å². The maximum atomic E-state index is 12.2. The Hall–Kier alpha value is -2.86. The van der Waals surface area contributed by atoms with Gasteiger partial charge in [0.15, 0.2) is 6.04 Å². The van der Waals surface area contributed by atoms with Crippen LogP contribution in [0.2, 0.25) is 0 Å². The molecular weight excluding hydrogens is 310 g/mol. The van der Waals surface area contributed by atoms with E-state index in [-0.39, 0.29) is 6.61 Å². The van der Waals surface area contributed by atoms with Crippen molar-refractivity contribution in [3.8, 4) is 5.75 Å². The highest BCUT2D eigenvalue weighted by molar-refractivity contribution is 5.97. The van der Waals surface area contributed by atoms with E-state index in [1.807, 2.05) is 30.3 Å². The van der Waals surface area contributed by atoms with E-state index in [0.29, 0.717) is 11.3 Å². The quantitative estimate of drug-likeness (QED) is 0.753. The predicted molar refractivity (Wildman–Crippen MR) is 87.6 cm³/mol. The maximum Gasteiger partial charge on any atom is 0.331 e. The van der Waals surface area contributed by atoms with Gasteiger partial charge in [-0.05, 0) is 23.8 Å². The number of aliphatic hydroxyl groups excluding tert-OH is 1. The fourth-order valence-corrected chi connectivity index (χ4v) is 2.01. The fraction of sp³-hybridized carbons (Fsp3) is 0.222. The van der Waals surface area contributed by atoms with Crippen molar-refractivity contribution in [1.82, 2.24) is 5.32 Å². The predicted octanol–water partition coefficient (Wildman–Crippen LogP) is 1.53. The fourth-order valence-electron chi connectivity index (χ4n) is 2.01. The number of amides is 1. The summed E-state index contributed by atoms with van der Waals surface area (Å²) in [4.78, 5) is 24.2. The summed E-state index contributed by atoms with van der Waals surface area (Å²) in [5, 5.41) is 11.8. The summed E-state index contributed by atoms with van der Waals surface area (Å²) in [6.45, 7) is -0.478. The third kappa shape index (κ3) is 4.82. The van der Waals surface area contributed by atoms with Gasteiger partial charge >= 0.3 is 5.97 Å². The van der Waals surface area contributed by atoms with Gasteiger partial charge in [0.1, 0.15) is 12.4 Å². The molecule has 1 atom stereocenters. The first-order valence-electron chi connectivity index (χ1n) is 7.40. The van der Waals surface area contributed by atoms with Crippen molar-refractivity contribution in [2.24, 2.45) is 0 Å². The highest BCUT2D eigenvalue weighted by Crippen LogP contribution is 2.12. The van der Waals surface area contributed by atoms with Crippen LogP contribution in [0.1, 0.15) is 15.9 Å². The summed E-state index contributed by atoms with van der Waals surface area (Å²) in [7, 11) is 1.49. The van der Waals surface area contributed by atoms with Gasteiger partial charge in [0.25, 0.3) is 5.91 Å². The Morgan fingerprint density at radius 1 is 1.12 bits per heavy atom. The Bertz CT molecular complexity index is 687. The average Bonchev–Trinajstić information content (AvgIpc) is 2.64. The van der Waals surface area contributed by atoms with Crippen LogP contribution in [0.4, 0.5) is 0 Å². The minimum Gasteiger partial charge on any atom is -0.497 e. The highest BCUT2D eigenvalue weighted by atomic mass is 16.5. The number of carbonyl (C=O) groups excluding carboxylic acids is 2. The molecule has 0 heterocycles. The van der Waals surface area contributed by atoms with E-state index in [9.17, 15) is 14.7 Å². The molecule has 0 aliphatic rings. The molecule has 6 heteroatoms. The Morgan fingerprint density at radius 2 is 1.88 bits per heavy atom. The molecule has 2 aromatic carbocycles. The molecule has 2 aromatic rings. The standard InChI is InChI=1S/C18H19NO5/c1-23-15-9-5-8-14(10-15)17(21)19-16(11-20)18(22)24-12-13-6-3-2-4-7-13/h2-10,16,20H,11-12H2,1H3,(H,19,21)/t16-/m0/s1. The zero-order valence-electron chi connectivity index (χ0n) is 13.3. The van der Waals surface area contributed by atoms with Crippen molar-refractivity contribution in [1.29, 1.82) is 0 Å². The monoisotopic (exact) mass is 329 g/mol. The molecular formula is C18H19NO5. The Balaban J connectivity index is 1.94. The lowest BCUT2D eigenvalue weighted by Crippen LogP contribution is -2.44. The minimum absolute atomic E-state index is 0.0746. The van der Waals surface area contributed by atoms with Crippen molar-refractivity contribution in [2.45, 2.75) is 12.6 Å². The van der Waals surface area contributed by atoms with Crippen LogP contribution in [0.5, 0.6) is 5.75 Å². The highest BCUT2D eigenvalue weighted by Gasteiger charge is 2.22. The van der Waals surface area contributed by atoms with Gasteiger partial charge in [-0.25, -0.2) is 4.79 Å². The van der Waals surface area contributed by atoms with E-state index in [0.717, 1.165) is 5.56 Å². The van der Waals surface area contributed by atoms with Gasteiger partial charge in [-0.1, -0.05) is 36.4 Å². The number of aliphatic hydroxyl groups is 1. The lowest BCUT2D eigenvalue weighted by molar-refractivity contribution is -0.148.